The number of amides is 2. The van der Waals surface area contributed by atoms with Crippen molar-refractivity contribution in [1.29, 1.82) is 0 Å². The van der Waals surface area contributed by atoms with Crippen molar-refractivity contribution in [3.63, 3.8) is 0 Å². The van der Waals surface area contributed by atoms with Crippen LogP contribution < -0.4 is 5.32 Å². The Hall–Kier alpha value is -1.18. The van der Waals surface area contributed by atoms with Gasteiger partial charge in [0.05, 0.1) is 11.5 Å². The van der Waals surface area contributed by atoms with E-state index in [2.05, 4.69) is 12.2 Å². The van der Waals surface area contributed by atoms with Crippen LogP contribution in [0.25, 0.3) is 0 Å². The Kier molecular flexibility index (Phi) is 6.80. The van der Waals surface area contributed by atoms with E-state index in [0.717, 1.165) is 29.3 Å². The summed E-state index contributed by atoms with van der Waals surface area (Å²) in [5.74, 6) is -0.764. The van der Waals surface area contributed by atoms with Crippen LogP contribution in [0.3, 0.4) is 0 Å². The van der Waals surface area contributed by atoms with Gasteiger partial charge >= 0.3 is 0 Å². The molecule has 1 heterocycles. The standard InChI is InChI=1S/C17H22FIN2O2/c1-2-3-8-20-16(22)12-5-4-9-21(11-12)17(23)14-10-13(18)6-7-15(14)19/h6-7,10,12H,2-5,8-9,11H2,1H3,(H,20,22). The molecule has 0 aliphatic carbocycles. The molecule has 126 valence electrons. The van der Waals surface area contributed by atoms with Crippen LogP contribution in [0.2, 0.25) is 0 Å². The lowest BCUT2D eigenvalue weighted by atomic mass is 9.96. The lowest BCUT2D eigenvalue weighted by Gasteiger charge is -2.32. The van der Waals surface area contributed by atoms with Crippen LogP contribution in [0.5, 0.6) is 0 Å². The second-order valence-electron chi connectivity index (χ2n) is 5.86. The van der Waals surface area contributed by atoms with Crippen LogP contribution in [-0.4, -0.2) is 36.3 Å². The molecule has 2 rings (SSSR count). The molecular weight excluding hydrogens is 410 g/mol. The predicted molar refractivity (Wildman–Crippen MR) is 95.7 cm³/mol. The first kappa shape index (κ1) is 18.2. The van der Waals surface area contributed by atoms with E-state index in [1.807, 2.05) is 22.6 Å². The van der Waals surface area contributed by atoms with Crippen LogP contribution >= 0.6 is 22.6 Å². The molecule has 1 fully saturated rings. The number of carbonyl (C=O) groups excluding carboxylic acids is 2. The zero-order valence-corrected chi connectivity index (χ0v) is 15.4. The average molecular weight is 432 g/mol. The van der Waals surface area contributed by atoms with Crippen molar-refractivity contribution in [3.05, 3.63) is 33.1 Å². The fourth-order valence-corrected chi connectivity index (χ4v) is 3.31. The molecule has 0 radical (unpaired) electrons. The Bertz CT molecular complexity index is 580. The van der Waals surface area contributed by atoms with Gasteiger partial charge in [0.25, 0.3) is 5.91 Å². The molecule has 1 aliphatic rings. The molecule has 1 unspecified atom stereocenters. The average Bonchev–Trinajstić information content (AvgIpc) is 2.56. The summed E-state index contributed by atoms with van der Waals surface area (Å²) in [5, 5.41) is 2.93. The van der Waals surface area contributed by atoms with Crippen molar-refractivity contribution in [3.8, 4) is 0 Å². The number of rotatable bonds is 5. The van der Waals surface area contributed by atoms with Gasteiger partial charge in [-0.15, -0.1) is 0 Å². The van der Waals surface area contributed by atoms with Crippen LogP contribution in [-0.2, 0) is 4.79 Å². The van der Waals surface area contributed by atoms with Gasteiger partial charge in [0.15, 0.2) is 0 Å². The first-order valence-corrected chi connectivity index (χ1v) is 9.12. The molecule has 1 N–H and O–H groups in total. The summed E-state index contributed by atoms with van der Waals surface area (Å²) >= 11 is 2.04. The largest absolute Gasteiger partial charge is 0.356 e. The first-order chi connectivity index (χ1) is 11.0. The number of nitrogens with zero attached hydrogens (tertiary/aromatic N) is 1. The Morgan fingerprint density at radius 2 is 2.22 bits per heavy atom. The minimum Gasteiger partial charge on any atom is -0.356 e. The molecule has 1 atom stereocenters. The third-order valence-electron chi connectivity index (χ3n) is 4.07. The fourth-order valence-electron chi connectivity index (χ4n) is 2.74. The lowest BCUT2D eigenvalue weighted by Crippen LogP contribution is -2.45. The highest BCUT2D eigenvalue weighted by Gasteiger charge is 2.29. The van der Waals surface area contributed by atoms with Crippen molar-refractivity contribution >= 4 is 34.4 Å². The molecule has 0 aromatic heterocycles. The third-order valence-corrected chi connectivity index (χ3v) is 5.01. The zero-order valence-electron chi connectivity index (χ0n) is 13.3. The van der Waals surface area contributed by atoms with Gasteiger partial charge in [-0.3, -0.25) is 9.59 Å². The minimum absolute atomic E-state index is 0.0184. The molecule has 1 aromatic carbocycles. The molecule has 1 aliphatic heterocycles. The van der Waals surface area contributed by atoms with E-state index >= 15 is 0 Å². The number of hydrogen-bond donors (Lipinski definition) is 1. The quantitative estimate of drug-likeness (QED) is 0.574. The number of hydrogen-bond acceptors (Lipinski definition) is 2. The number of unbranched alkanes of at least 4 members (excludes halogenated alkanes) is 1. The summed E-state index contributed by atoms with van der Waals surface area (Å²) in [4.78, 5) is 26.5. The smallest absolute Gasteiger partial charge is 0.255 e. The molecule has 0 spiro atoms. The first-order valence-electron chi connectivity index (χ1n) is 8.05. The molecule has 0 bridgehead atoms. The molecule has 23 heavy (non-hydrogen) atoms. The van der Waals surface area contributed by atoms with Crippen molar-refractivity contribution in [2.45, 2.75) is 32.6 Å². The molecule has 2 amide bonds. The molecule has 0 saturated carbocycles. The van der Waals surface area contributed by atoms with Crippen molar-refractivity contribution in [1.82, 2.24) is 10.2 Å². The minimum atomic E-state index is -0.417. The van der Waals surface area contributed by atoms with E-state index in [1.54, 1.807) is 11.0 Å². The highest BCUT2D eigenvalue weighted by molar-refractivity contribution is 14.1. The lowest BCUT2D eigenvalue weighted by molar-refractivity contribution is -0.126. The van der Waals surface area contributed by atoms with Crippen LogP contribution in [0.4, 0.5) is 4.39 Å². The number of carbonyl (C=O) groups is 2. The van der Waals surface area contributed by atoms with Gasteiger partial charge in [0, 0.05) is 23.2 Å². The van der Waals surface area contributed by atoms with E-state index in [4.69, 9.17) is 0 Å². The summed E-state index contributed by atoms with van der Waals surface area (Å²) in [6.45, 7) is 3.78. The molecule has 1 saturated heterocycles. The maximum atomic E-state index is 13.4. The van der Waals surface area contributed by atoms with Gasteiger partial charge in [0.2, 0.25) is 5.91 Å². The van der Waals surface area contributed by atoms with E-state index in [1.165, 1.54) is 12.1 Å². The number of piperidine rings is 1. The van der Waals surface area contributed by atoms with E-state index in [0.29, 0.717) is 25.2 Å². The Morgan fingerprint density at radius 1 is 1.43 bits per heavy atom. The Morgan fingerprint density at radius 3 is 2.96 bits per heavy atom. The normalized spacial score (nSPS) is 17.9. The second kappa shape index (κ2) is 8.61. The maximum absolute atomic E-state index is 13.4. The summed E-state index contributed by atoms with van der Waals surface area (Å²) in [6.07, 6.45) is 3.58. The summed E-state index contributed by atoms with van der Waals surface area (Å²) < 4.78 is 14.1. The monoisotopic (exact) mass is 432 g/mol. The van der Waals surface area contributed by atoms with E-state index < -0.39 is 5.82 Å². The van der Waals surface area contributed by atoms with Gasteiger partial charge < -0.3 is 10.2 Å². The highest BCUT2D eigenvalue weighted by atomic mass is 127. The van der Waals surface area contributed by atoms with Crippen molar-refractivity contribution < 1.29 is 14.0 Å². The second-order valence-corrected chi connectivity index (χ2v) is 7.02. The summed E-state index contributed by atoms with van der Waals surface area (Å²) in [6, 6.07) is 4.22. The predicted octanol–water partition coefficient (Wildman–Crippen LogP) is 3.20. The van der Waals surface area contributed by atoms with Gasteiger partial charge in [-0.1, -0.05) is 13.3 Å². The van der Waals surface area contributed by atoms with Gasteiger partial charge in [0.1, 0.15) is 5.82 Å². The summed E-state index contributed by atoms with van der Waals surface area (Å²) in [5.41, 5.74) is 0.373. The Labute approximate surface area is 150 Å². The number of halogens is 2. The maximum Gasteiger partial charge on any atom is 0.255 e. The van der Waals surface area contributed by atoms with Crippen molar-refractivity contribution in [2.75, 3.05) is 19.6 Å². The Balaban J connectivity index is 2.01. The molecular formula is C17H22FIN2O2. The van der Waals surface area contributed by atoms with Crippen LogP contribution in [0, 0.1) is 15.3 Å². The highest BCUT2D eigenvalue weighted by Crippen LogP contribution is 2.21. The number of likely N-dealkylation sites (tertiary alicyclic amines) is 1. The number of benzene rings is 1. The van der Waals surface area contributed by atoms with Crippen LogP contribution in [0.15, 0.2) is 18.2 Å². The third kappa shape index (κ3) is 4.89. The molecule has 6 heteroatoms. The van der Waals surface area contributed by atoms with Crippen molar-refractivity contribution in [2.24, 2.45) is 5.92 Å². The number of nitrogens with one attached hydrogen (secondary N) is 1. The van der Waals surface area contributed by atoms with Gasteiger partial charge in [-0.25, -0.2) is 4.39 Å². The van der Waals surface area contributed by atoms with E-state index in [-0.39, 0.29) is 17.7 Å². The zero-order chi connectivity index (χ0) is 16.8. The van der Waals surface area contributed by atoms with Gasteiger partial charge in [-0.2, -0.15) is 0 Å². The fraction of sp³-hybridized carbons (Fsp3) is 0.529. The molecule has 4 nitrogen and oxygen atoms in total. The molecule has 1 aromatic rings. The SMILES string of the molecule is CCCCNC(=O)C1CCCN(C(=O)c2cc(F)ccc2I)C1. The summed E-state index contributed by atoms with van der Waals surface area (Å²) in [7, 11) is 0. The van der Waals surface area contributed by atoms with Crippen LogP contribution in [0.1, 0.15) is 43.0 Å². The van der Waals surface area contributed by atoms with Gasteiger partial charge in [-0.05, 0) is 60.1 Å². The topological polar surface area (TPSA) is 49.4 Å². The van der Waals surface area contributed by atoms with E-state index in [9.17, 15) is 14.0 Å².